The maximum atomic E-state index is 9.47. The molecule has 82 valence electrons. The zero-order valence-electron chi connectivity index (χ0n) is 9.48. The highest BCUT2D eigenvalue weighted by Gasteiger charge is 2.21. The van der Waals surface area contributed by atoms with Crippen LogP contribution in [0.2, 0.25) is 0 Å². The number of aliphatic hydroxyl groups excluding tert-OH is 1. The Balaban J connectivity index is 2.26. The number of fused-ring (bicyclic) bond motifs is 1. The van der Waals surface area contributed by atoms with Crippen molar-refractivity contribution in [3.8, 4) is 0 Å². The van der Waals surface area contributed by atoms with Crippen molar-refractivity contribution in [3.63, 3.8) is 0 Å². The van der Waals surface area contributed by atoms with Crippen LogP contribution in [0.3, 0.4) is 0 Å². The Kier molecular flexibility index (Phi) is 2.96. The van der Waals surface area contributed by atoms with Crippen molar-refractivity contribution in [2.24, 2.45) is 5.92 Å². The van der Waals surface area contributed by atoms with E-state index in [0.29, 0.717) is 5.92 Å². The molecule has 1 aliphatic heterocycles. The van der Waals surface area contributed by atoms with Crippen LogP contribution in [0.5, 0.6) is 0 Å². The predicted octanol–water partition coefficient (Wildman–Crippen LogP) is 2.07. The molecule has 0 spiro atoms. The van der Waals surface area contributed by atoms with Gasteiger partial charge in [0.1, 0.15) is 0 Å². The second-order valence-electron chi connectivity index (χ2n) is 4.69. The number of aliphatic hydroxyl groups is 1. The summed E-state index contributed by atoms with van der Waals surface area (Å²) < 4.78 is 0. The number of hydrogen-bond acceptors (Lipinski definition) is 2. The van der Waals surface area contributed by atoms with Crippen molar-refractivity contribution in [2.45, 2.75) is 26.4 Å². The fraction of sp³-hybridized carbons (Fsp3) is 0.538. The van der Waals surface area contributed by atoms with Gasteiger partial charge in [-0.25, -0.2) is 0 Å². The standard InChI is InChI=1S/C13H19NO/c1-10-7-12-5-3-4-6-13(12)14(8-10)9-11(2)15/h3-6,10-11,15H,7-9H2,1-2H3/t10?,11-/m1/s1. The van der Waals surface area contributed by atoms with E-state index in [2.05, 4.69) is 36.1 Å². The monoisotopic (exact) mass is 205 g/mol. The van der Waals surface area contributed by atoms with Crippen molar-refractivity contribution < 1.29 is 5.11 Å². The number of rotatable bonds is 2. The Morgan fingerprint density at radius 3 is 2.93 bits per heavy atom. The molecule has 1 aromatic carbocycles. The van der Waals surface area contributed by atoms with Gasteiger partial charge in [-0.2, -0.15) is 0 Å². The molecular weight excluding hydrogens is 186 g/mol. The minimum Gasteiger partial charge on any atom is -0.392 e. The smallest absolute Gasteiger partial charge is 0.0687 e. The average molecular weight is 205 g/mol. The maximum Gasteiger partial charge on any atom is 0.0687 e. The topological polar surface area (TPSA) is 23.5 Å². The molecule has 1 N–H and O–H groups in total. The lowest BCUT2D eigenvalue weighted by Crippen LogP contribution is -2.38. The van der Waals surface area contributed by atoms with Gasteiger partial charge in [0.2, 0.25) is 0 Å². The third kappa shape index (κ3) is 2.32. The fourth-order valence-electron chi connectivity index (χ4n) is 2.40. The van der Waals surface area contributed by atoms with Gasteiger partial charge in [-0.1, -0.05) is 25.1 Å². The van der Waals surface area contributed by atoms with Gasteiger partial charge >= 0.3 is 0 Å². The van der Waals surface area contributed by atoms with Crippen LogP contribution in [0.1, 0.15) is 19.4 Å². The first-order chi connectivity index (χ1) is 7.16. The van der Waals surface area contributed by atoms with Gasteiger partial charge in [0, 0.05) is 18.8 Å². The molecule has 1 heterocycles. The highest BCUT2D eigenvalue weighted by Crippen LogP contribution is 2.29. The average Bonchev–Trinajstić information content (AvgIpc) is 2.16. The first kappa shape index (κ1) is 10.5. The van der Waals surface area contributed by atoms with Gasteiger partial charge in [0.15, 0.2) is 0 Å². The zero-order valence-corrected chi connectivity index (χ0v) is 9.48. The molecule has 1 aliphatic rings. The lowest BCUT2D eigenvalue weighted by atomic mass is 9.94. The van der Waals surface area contributed by atoms with E-state index in [-0.39, 0.29) is 6.10 Å². The van der Waals surface area contributed by atoms with E-state index < -0.39 is 0 Å². The molecule has 0 radical (unpaired) electrons. The summed E-state index contributed by atoms with van der Waals surface area (Å²) in [6, 6.07) is 8.52. The van der Waals surface area contributed by atoms with E-state index in [4.69, 9.17) is 0 Å². The van der Waals surface area contributed by atoms with E-state index in [1.165, 1.54) is 11.3 Å². The molecule has 2 atom stereocenters. The molecule has 15 heavy (non-hydrogen) atoms. The normalized spacial score (nSPS) is 22.3. The molecule has 0 bridgehead atoms. The second-order valence-corrected chi connectivity index (χ2v) is 4.69. The minimum absolute atomic E-state index is 0.261. The third-order valence-corrected chi connectivity index (χ3v) is 2.92. The molecule has 0 saturated heterocycles. The Morgan fingerprint density at radius 1 is 1.47 bits per heavy atom. The van der Waals surface area contributed by atoms with Crippen molar-refractivity contribution in [3.05, 3.63) is 29.8 Å². The Bertz CT molecular complexity index is 335. The van der Waals surface area contributed by atoms with Crippen LogP contribution in [0.25, 0.3) is 0 Å². The SMILES string of the molecule is CC1Cc2ccccc2N(C[C@@H](C)O)C1. The number of hydrogen-bond donors (Lipinski definition) is 1. The molecule has 2 heteroatoms. The highest BCUT2D eigenvalue weighted by molar-refractivity contribution is 5.55. The first-order valence-corrected chi connectivity index (χ1v) is 5.67. The van der Waals surface area contributed by atoms with Crippen molar-refractivity contribution >= 4 is 5.69 Å². The van der Waals surface area contributed by atoms with Crippen molar-refractivity contribution in [1.29, 1.82) is 0 Å². The lowest BCUT2D eigenvalue weighted by molar-refractivity contribution is 0.198. The molecule has 0 aliphatic carbocycles. The van der Waals surface area contributed by atoms with Gasteiger partial charge in [0.05, 0.1) is 6.10 Å². The molecular formula is C13H19NO. The number of benzene rings is 1. The number of para-hydroxylation sites is 1. The molecule has 0 saturated carbocycles. The summed E-state index contributed by atoms with van der Waals surface area (Å²) in [5, 5.41) is 9.47. The molecule has 1 aromatic rings. The van der Waals surface area contributed by atoms with Crippen LogP contribution in [-0.4, -0.2) is 24.3 Å². The van der Waals surface area contributed by atoms with Crippen LogP contribution in [0.4, 0.5) is 5.69 Å². The molecule has 2 nitrogen and oxygen atoms in total. The van der Waals surface area contributed by atoms with Crippen LogP contribution in [-0.2, 0) is 6.42 Å². The van der Waals surface area contributed by atoms with E-state index in [1.807, 2.05) is 6.92 Å². The van der Waals surface area contributed by atoms with Crippen LogP contribution in [0.15, 0.2) is 24.3 Å². The quantitative estimate of drug-likeness (QED) is 0.799. The summed E-state index contributed by atoms with van der Waals surface area (Å²) in [4.78, 5) is 2.30. The largest absolute Gasteiger partial charge is 0.392 e. The summed E-state index contributed by atoms with van der Waals surface area (Å²) in [6.07, 6.45) is 0.898. The van der Waals surface area contributed by atoms with Crippen molar-refractivity contribution in [2.75, 3.05) is 18.0 Å². The van der Waals surface area contributed by atoms with E-state index in [0.717, 1.165) is 19.5 Å². The van der Waals surface area contributed by atoms with Crippen LogP contribution >= 0.6 is 0 Å². The zero-order chi connectivity index (χ0) is 10.8. The van der Waals surface area contributed by atoms with E-state index in [1.54, 1.807) is 0 Å². The van der Waals surface area contributed by atoms with Crippen LogP contribution < -0.4 is 4.90 Å². The first-order valence-electron chi connectivity index (χ1n) is 5.67. The summed E-state index contributed by atoms with van der Waals surface area (Å²) in [5.41, 5.74) is 2.72. The molecule has 0 amide bonds. The Hall–Kier alpha value is -1.02. The summed E-state index contributed by atoms with van der Waals surface area (Å²) >= 11 is 0. The molecule has 0 aromatic heterocycles. The number of anilines is 1. The van der Waals surface area contributed by atoms with Gasteiger partial charge in [-0.3, -0.25) is 0 Å². The van der Waals surface area contributed by atoms with Gasteiger partial charge < -0.3 is 10.0 Å². The molecule has 1 unspecified atom stereocenters. The van der Waals surface area contributed by atoms with Crippen molar-refractivity contribution in [1.82, 2.24) is 0 Å². The minimum atomic E-state index is -0.261. The Morgan fingerprint density at radius 2 is 2.20 bits per heavy atom. The second kappa shape index (κ2) is 4.23. The highest BCUT2D eigenvalue weighted by atomic mass is 16.3. The summed E-state index contributed by atoms with van der Waals surface area (Å²) in [5.74, 6) is 0.679. The fourth-order valence-corrected chi connectivity index (χ4v) is 2.40. The van der Waals surface area contributed by atoms with E-state index in [9.17, 15) is 5.11 Å². The van der Waals surface area contributed by atoms with Crippen LogP contribution in [0, 0.1) is 5.92 Å². The Labute approximate surface area is 91.5 Å². The summed E-state index contributed by atoms with van der Waals surface area (Å²) in [6.45, 7) is 5.91. The lowest BCUT2D eigenvalue weighted by Gasteiger charge is -2.35. The summed E-state index contributed by atoms with van der Waals surface area (Å²) in [7, 11) is 0. The number of β-amino-alcohol motifs (C(OH)–C–C–N with tert-alkyl or cyclic N) is 1. The predicted molar refractivity (Wildman–Crippen MR) is 63.2 cm³/mol. The molecule has 0 fully saturated rings. The van der Waals surface area contributed by atoms with E-state index >= 15 is 0 Å². The van der Waals surface area contributed by atoms with Gasteiger partial charge in [-0.05, 0) is 30.9 Å². The maximum absolute atomic E-state index is 9.47. The molecule has 2 rings (SSSR count). The van der Waals surface area contributed by atoms with Gasteiger partial charge in [-0.15, -0.1) is 0 Å². The van der Waals surface area contributed by atoms with Gasteiger partial charge in [0.25, 0.3) is 0 Å². The third-order valence-electron chi connectivity index (χ3n) is 2.92. The number of nitrogens with zero attached hydrogens (tertiary/aromatic N) is 1.